The van der Waals surface area contributed by atoms with E-state index in [0.717, 1.165) is 43.7 Å². The van der Waals surface area contributed by atoms with Gasteiger partial charge in [-0.2, -0.15) is 0 Å². The van der Waals surface area contributed by atoms with Gasteiger partial charge >= 0.3 is 0 Å². The molecule has 0 atom stereocenters. The van der Waals surface area contributed by atoms with Gasteiger partial charge in [-0.3, -0.25) is 0 Å². The average molecular weight is 270 g/mol. The molecule has 0 saturated carbocycles. The van der Waals surface area contributed by atoms with E-state index in [-0.39, 0.29) is 5.54 Å². The standard InChI is InChI=1S/C14H24ClN3/c1-5-9-12-16-11(15)10-13(17-12)18-14(6-2,7-3)8-4/h10H,5-9H2,1-4H3,(H,16,17,18). The van der Waals surface area contributed by atoms with Crippen molar-refractivity contribution >= 4 is 17.4 Å². The van der Waals surface area contributed by atoms with Crippen molar-refractivity contribution in [2.24, 2.45) is 0 Å². The van der Waals surface area contributed by atoms with Gasteiger partial charge in [-0.1, -0.05) is 39.3 Å². The van der Waals surface area contributed by atoms with Gasteiger partial charge in [0, 0.05) is 18.0 Å². The van der Waals surface area contributed by atoms with Crippen LogP contribution in [0.15, 0.2) is 6.07 Å². The number of rotatable bonds is 7. The molecule has 0 spiro atoms. The van der Waals surface area contributed by atoms with Gasteiger partial charge in [-0.25, -0.2) is 9.97 Å². The molecule has 1 heterocycles. The van der Waals surface area contributed by atoms with Crippen LogP contribution in [0.4, 0.5) is 5.82 Å². The van der Waals surface area contributed by atoms with Crippen molar-refractivity contribution in [1.82, 2.24) is 9.97 Å². The molecule has 0 bridgehead atoms. The molecule has 1 aromatic heterocycles. The zero-order valence-corrected chi connectivity index (χ0v) is 12.6. The van der Waals surface area contributed by atoms with E-state index in [1.807, 2.05) is 6.07 Å². The maximum atomic E-state index is 6.05. The third-order valence-corrected chi connectivity index (χ3v) is 3.83. The minimum Gasteiger partial charge on any atom is -0.365 e. The van der Waals surface area contributed by atoms with E-state index in [4.69, 9.17) is 11.6 Å². The molecule has 3 nitrogen and oxygen atoms in total. The molecule has 0 fully saturated rings. The van der Waals surface area contributed by atoms with Crippen molar-refractivity contribution < 1.29 is 0 Å². The molecule has 1 N–H and O–H groups in total. The first kappa shape index (κ1) is 15.2. The molecule has 18 heavy (non-hydrogen) atoms. The summed E-state index contributed by atoms with van der Waals surface area (Å²) < 4.78 is 0. The van der Waals surface area contributed by atoms with E-state index in [9.17, 15) is 0 Å². The molecule has 0 aliphatic carbocycles. The van der Waals surface area contributed by atoms with E-state index in [2.05, 4.69) is 43.0 Å². The van der Waals surface area contributed by atoms with E-state index >= 15 is 0 Å². The maximum absolute atomic E-state index is 6.05. The van der Waals surface area contributed by atoms with Gasteiger partial charge in [-0.05, 0) is 25.7 Å². The number of halogens is 1. The lowest BCUT2D eigenvalue weighted by molar-refractivity contribution is 0.418. The van der Waals surface area contributed by atoms with Gasteiger partial charge in [0.15, 0.2) is 0 Å². The molecule has 1 aromatic rings. The number of aryl methyl sites for hydroxylation is 1. The summed E-state index contributed by atoms with van der Waals surface area (Å²) in [6.45, 7) is 8.73. The summed E-state index contributed by atoms with van der Waals surface area (Å²) in [4.78, 5) is 8.79. The summed E-state index contributed by atoms with van der Waals surface area (Å²) in [6.07, 6.45) is 5.12. The van der Waals surface area contributed by atoms with Crippen molar-refractivity contribution in [3.05, 3.63) is 17.0 Å². The fourth-order valence-electron chi connectivity index (χ4n) is 2.15. The minimum absolute atomic E-state index is 0.112. The van der Waals surface area contributed by atoms with Crippen LogP contribution in [0.3, 0.4) is 0 Å². The number of anilines is 1. The van der Waals surface area contributed by atoms with E-state index in [1.54, 1.807) is 0 Å². The average Bonchev–Trinajstić information content (AvgIpc) is 2.36. The van der Waals surface area contributed by atoms with Crippen molar-refractivity contribution in [2.75, 3.05) is 5.32 Å². The van der Waals surface area contributed by atoms with Gasteiger partial charge in [-0.15, -0.1) is 0 Å². The molecule has 0 amide bonds. The Morgan fingerprint density at radius 1 is 1.11 bits per heavy atom. The Labute approximate surface area is 115 Å². The molecule has 102 valence electrons. The second-order valence-corrected chi connectivity index (χ2v) is 5.10. The lowest BCUT2D eigenvalue weighted by Crippen LogP contribution is -2.36. The van der Waals surface area contributed by atoms with Crippen LogP contribution in [0.5, 0.6) is 0 Å². The summed E-state index contributed by atoms with van der Waals surface area (Å²) in [5, 5.41) is 4.07. The highest BCUT2D eigenvalue weighted by molar-refractivity contribution is 6.29. The minimum atomic E-state index is 0.112. The molecule has 4 heteroatoms. The van der Waals surface area contributed by atoms with Crippen molar-refractivity contribution in [3.63, 3.8) is 0 Å². The van der Waals surface area contributed by atoms with Crippen LogP contribution in [0.2, 0.25) is 5.15 Å². The van der Waals surface area contributed by atoms with Crippen molar-refractivity contribution in [2.45, 2.75) is 65.3 Å². The van der Waals surface area contributed by atoms with E-state index in [1.165, 1.54) is 0 Å². The van der Waals surface area contributed by atoms with Gasteiger partial charge in [0.05, 0.1) is 0 Å². The number of hydrogen-bond donors (Lipinski definition) is 1. The van der Waals surface area contributed by atoms with E-state index in [0.29, 0.717) is 5.15 Å². The third-order valence-electron chi connectivity index (χ3n) is 3.64. The lowest BCUT2D eigenvalue weighted by Gasteiger charge is -2.32. The topological polar surface area (TPSA) is 37.8 Å². The fraction of sp³-hybridized carbons (Fsp3) is 0.714. The number of nitrogens with one attached hydrogen (secondary N) is 1. The predicted octanol–water partition coefficient (Wildman–Crippen LogP) is 4.46. The van der Waals surface area contributed by atoms with Gasteiger partial charge in [0.2, 0.25) is 0 Å². The van der Waals surface area contributed by atoms with Crippen LogP contribution in [0, 0.1) is 0 Å². The molecule has 0 saturated heterocycles. The van der Waals surface area contributed by atoms with Gasteiger partial charge < -0.3 is 5.32 Å². The summed E-state index contributed by atoms with van der Waals surface area (Å²) in [6, 6.07) is 1.82. The van der Waals surface area contributed by atoms with Crippen LogP contribution in [-0.2, 0) is 6.42 Å². The Hall–Kier alpha value is -0.830. The first-order valence-electron chi connectivity index (χ1n) is 6.90. The maximum Gasteiger partial charge on any atom is 0.134 e. The summed E-state index contributed by atoms with van der Waals surface area (Å²) in [5.74, 6) is 1.67. The van der Waals surface area contributed by atoms with Gasteiger partial charge in [0.25, 0.3) is 0 Å². The second kappa shape index (κ2) is 6.93. The normalized spacial score (nSPS) is 11.6. The molecule has 0 aliphatic rings. The second-order valence-electron chi connectivity index (χ2n) is 4.71. The fourth-order valence-corrected chi connectivity index (χ4v) is 2.35. The Kier molecular flexibility index (Phi) is 5.86. The molecule has 0 radical (unpaired) electrons. The first-order valence-corrected chi connectivity index (χ1v) is 7.28. The van der Waals surface area contributed by atoms with Crippen LogP contribution < -0.4 is 5.32 Å². The van der Waals surface area contributed by atoms with Crippen LogP contribution in [-0.4, -0.2) is 15.5 Å². The summed E-state index contributed by atoms with van der Waals surface area (Å²) in [5.41, 5.74) is 0.112. The lowest BCUT2D eigenvalue weighted by atomic mass is 9.90. The molecular weight excluding hydrogens is 246 g/mol. The molecule has 1 rings (SSSR count). The van der Waals surface area contributed by atoms with Crippen LogP contribution in [0.1, 0.15) is 59.2 Å². The first-order chi connectivity index (χ1) is 8.59. The quantitative estimate of drug-likeness (QED) is 0.743. The van der Waals surface area contributed by atoms with Gasteiger partial charge in [0.1, 0.15) is 16.8 Å². The Bertz CT molecular complexity index is 367. The number of aromatic nitrogens is 2. The summed E-state index contributed by atoms with van der Waals surface area (Å²) >= 11 is 6.05. The largest absolute Gasteiger partial charge is 0.365 e. The zero-order valence-electron chi connectivity index (χ0n) is 11.9. The van der Waals surface area contributed by atoms with Crippen LogP contribution in [0.25, 0.3) is 0 Å². The smallest absolute Gasteiger partial charge is 0.134 e. The van der Waals surface area contributed by atoms with E-state index < -0.39 is 0 Å². The monoisotopic (exact) mass is 269 g/mol. The predicted molar refractivity (Wildman–Crippen MR) is 78.3 cm³/mol. The number of hydrogen-bond acceptors (Lipinski definition) is 3. The third kappa shape index (κ3) is 3.84. The van der Waals surface area contributed by atoms with Crippen molar-refractivity contribution in [1.29, 1.82) is 0 Å². The Balaban J connectivity index is 2.95. The highest BCUT2D eigenvalue weighted by Crippen LogP contribution is 2.25. The molecule has 0 unspecified atom stereocenters. The molecule has 0 aliphatic heterocycles. The molecule has 0 aromatic carbocycles. The number of nitrogens with zero attached hydrogens (tertiary/aromatic N) is 2. The Morgan fingerprint density at radius 3 is 2.22 bits per heavy atom. The zero-order chi connectivity index (χ0) is 13.6. The SMILES string of the molecule is CCCc1nc(Cl)cc(NC(CC)(CC)CC)n1. The van der Waals surface area contributed by atoms with Crippen molar-refractivity contribution in [3.8, 4) is 0 Å². The highest BCUT2D eigenvalue weighted by Gasteiger charge is 2.24. The Morgan fingerprint density at radius 2 is 1.72 bits per heavy atom. The summed E-state index contributed by atoms with van der Waals surface area (Å²) in [7, 11) is 0. The molecular formula is C14H24ClN3. The van der Waals surface area contributed by atoms with Crippen LogP contribution >= 0.6 is 11.6 Å². The highest BCUT2D eigenvalue weighted by atomic mass is 35.5.